The first-order valence-electron chi connectivity index (χ1n) is 9.78. The van der Waals surface area contributed by atoms with E-state index in [1.807, 2.05) is 29.1 Å². The SMILES string of the molecule is CN1CCN(CCNC(=O)c2cnn(-c3ccc(F)cc3)c2-n2cccc2)CC1. The lowest BCUT2D eigenvalue weighted by Gasteiger charge is -2.32. The molecular formula is C21H25FN6O. The number of carbonyl (C=O) groups excluding carboxylic acids is 1. The number of nitrogens with zero attached hydrogens (tertiary/aromatic N) is 5. The highest BCUT2D eigenvalue weighted by Crippen LogP contribution is 2.20. The molecule has 1 aliphatic heterocycles. The molecule has 1 fully saturated rings. The molecular weight excluding hydrogens is 371 g/mol. The minimum atomic E-state index is -0.315. The monoisotopic (exact) mass is 396 g/mol. The molecule has 3 aromatic rings. The van der Waals surface area contributed by atoms with Crippen LogP contribution in [-0.2, 0) is 0 Å². The second kappa shape index (κ2) is 8.59. The maximum Gasteiger partial charge on any atom is 0.256 e. The lowest BCUT2D eigenvalue weighted by Crippen LogP contribution is -2.46. The number of hydrogen-bond donors (Lipinski definition) is 1. The van der Waals surface area contributed by atoms with E-state index >= 15 is 0 Å². The number of benzene rings is 1. The highest BCUT2D eigenvalue weighted by atomic mass is 19.1. The van der Waals surface area contributed by atoms with Gasteiger partial charge < -0.3 is 14.8 Å². The van der Waals surface area contributed by atoms with E-state index in [9.17, 15) is 9.18 Å². The first-order valence-corrected chi connectivity index (χ1v) is 9.78. The maximum atomic E-state index is 13.3. The van der Waals surface area contributed by atoms with Gasteiger partial charge in [-0.25, -0.2) is 9.07 Å². The number of carbonyl (C=O) groups is 1. The molecule has 1 saturated heterocycles. The van der Waals surface area contributed by atoms with Gasteiger partial charge in [-0.1, -0.05) is 0 Å². The molecule has 8 heteroatoms. The van der Waals surface area contributed by atoms with Crippen LogP contribution in [0.2, 0.25) is 0 Å². The van der Waals surface area contributed by atoms with E-state index in [1.54, 1.807) is 23.0 Å². The number of halogens is 1. The molecule has 1 N–H and O–H groups in total. The van der Waals surface area contributed by atoms with Crippen molar-refractivity contribution in [3.8, 4) is 11.5 Å². The molecule has 3 heterocycles. The van der Waals surface area contributed by atoms with E-state index < -0.39 is 0 Å². The number of likely N-dealkylation sites (N-methyl/N-ethyl adjacent to an activating group) is 1. The Kier molecular flexibility index (Phi) is 5.73. The van der Waals surface area contributed by atoms with Crippen molar-refractivity contribution in [1.29, 1.82) is 0 Å². The highest BCUT2D eigenvalue weighted by Gasteiger charge is 2.20. The summed E-state index contributed by atoms with van der Waals surface area (Å²) in [6.07, 6.45) is 5.28. The molecule has 0 aliphatic carbocycles. The molecule has 0 bridgehead atoms. The van der Waals surface area contributed by atoms with Gasteiger partial charge in [-0.3, -0.25) is 9.69 Å². The summed E-state index contributed by atoms with van der Waals surface area (Å²) in [6, 6.07) is 9.82. The van der Waals surface area contributed by atoms with Crippen LogP contribution in [0.1, 0.15) is 10.4 Å². The van der Waals surface area contributed by atoms with E-state index in [2.05, 4.69) is 27.3 Å². The van der Waals surface area contributed by atoms with E-state index in [1.165, 1.54) is 12.1 Å². The molecule has 152 valence electrons. The van der Waals surface area contributed by atoms with Crippen molar-refractivity contribution in [2.75, 3.05) is 46.3 Å². The van der Waals surface area contributed by atoms with Crippen LogP contribution in [0.5, 0.6) is 0 Å². The molecule has 0 saturated carbocycles. The molecule has 29 heavy (non-hydrogen) atoms. The fraction of sp³-hybridized carbons (Fsp3) is 0.333. The van der Waals surface area contributed by atoms with Gasteiger partial charge >= 0.3 is 0 Å². The molecule has 0 radical (unpaired) electrons. The van der Waals surface area contributed by atoms with Gasteiger partial charge in [0.1, 0.15) is 11.4 Å². The van der Waals surface area contributed by atoms with Crippen LogP contribution in [0, 0.1) is 5.82 Å². The molecule has 0 unspecified atom stereocenters. The first kappa shape index (κ1) is 19.4. The second-order valence-electron chi connectivity index (χ2n) is 7.26. The molecule has 0 atom stereocenters. The third kappa shape index (κ3) is 4.38. The molecule has 0 spiro atoms. The van der Waals surface area contributed by atoms with Crippen LogP contribution < -0.4 is 5.32 Å². The lowest BCUT2D eigenvalue weighted by molar-refractivity contribution is 0.0941. The Bertz CT molecular complexity index is 942. The van der Waals surface area contributed by atoms with Crippen LogP contribution in [0.25, 0.3) is 11.5 Å². The quantitative estimate of drug-likeness (QED) is 0.690. The van der Waals surface area contributed by atoms with Gasteiger partial charge in [0.05, 0.1) is 11.9 Å². The molecule has 4 rings (SSSR count). The lowest BCUT2D eigenvalue weighted by atomic mass is 10.2. The standard InChI is InChI=1S/C21H25FN6O/c1-25-12-14-26(15-13-25)11-8-23-20(29)19-16-24-28(18-6-4-17(22)5-7-18)21(19)27-9-2-3-10-27/h2-7,9-10,16H,8,11-15H2,1H3,(H,23,29). The van der Waals surface area contributed by atoms with Crippen molar-refractivity contribution in [2.45, 2.75) is 0 Å². The Morgan fingerprint density at radius 2 is 1.79 bits per heavy atom. The van der Waals surface area contributed by atoms with Crippen LogP contribution in [0.3, 0.4) is 0 Å². The zero-order valence-electron chi connectivity index (χ0n) is 16.5. The van der Waals surface area contributed by atoms with Gasteiger partial charge in [0.25, 0.3) is 5.91 Å². The third-order valence-corrected chi connectivity index (χ3v) is 5.22. The highest BCUT2D eigenvalue weighted by molar-refractivity contribution is 5.97. The van der Waals surface area contributed by atoms with Crippen molar-refractivity contribution in [3.63, 3.8) is 0 Å². The Balaban J connectivity index is 1.51. The van der Waals surface area contributed by atoms with E-state index in [0.29, 0.717) is 23.6 Å². The Morgan fingerprint density at radius 3 is 2.48 bits per heavy atom. The second-order valence-corrected chi connectivity index (χ2v) is 7.26. The summed E-state index contributed by atoms with van der Waals surface area (Å²) >= 11 is 0. The van der Waals surface area contributed by atoms with Crippen molar-refractivity contribution in [1.82, 2.24) is 29.5 Å². The van der Waals surface area contributed by atoms with Crippen LogP contribution >= 0.6 is 0 Å². The molecule has 1 amide bonds. The van der Waals surface area contributed by atoms with E-state index in [-0.39, 0.29) is 11.7 Å². The predicted octanol–water partition coefficient (Wildman–Crippen LogP) is 1.78. The number of amides is 1. The molecule has 7 nitrogen and oxygen atoms in total. The Labute approximate surface area is 169 Å². The largest absolute Gasteiger partial charge is 0.351 e. The number of hydrogen-bond acceptors (Lipinski definition) is 4. The van der Waals surface area contributed by atoms with Crippen molar-refractivity contribution < 1.29 is 9.18 Å². The van der Waals surface area contributed by atoms with Gasteiger partial charge in [-0.05, 0) is 43.4 Å². The van der Waals surface area contributed by atoms with Gasteiger partial charge in [0.2, 0.25) is 0 Å². The van der Waals surface area contributed by atoms with Crippen molar-refractivity contribution >= 4 is 5.91 Å². The first-order chi connectivity index (χ1) is 14.1. The third-order valence-electron chi connectivity index (χ3n) is 5.22. The summed E-state index contributed by atoms with van der Waals surface area (Å²) in [7, 11) is 2.13. The summed E-state index contributed by atoms with van der Waals surface area (Å²) < 4.78 is 16.8. The summed E-state index contributed by atoms with van der Waals surface area (Å²) in [4.78, 5) is 17.6. The zero-order valence-corrected chi connectivity index (χ0v) is 16.5. The van der Waals surface area contributed by atoms with Crippen LogP contribution in [0.15, 0.2) is 55.0 Å². The molecule has 2 aromatic heterocycles. The van der Waals surface area contributed by atoms with Gasteiger partial charge in [-0.15, -0.1) is 0 Å². The smallest absolute Gasteiger partial charge is 0.256 e. The number of aromatic nitrogens is 3. The van der Waals surface area contributed by atoms with Gasteiger partial charge in [-0.2, -0.15) is 5.10 Å². The maximum absolute atomic E-state index is 13.3. The van der Waals surface area contributed by atoms with Gasteiger partial charge in [0, 0.05) is 51.7 Å². The fourth-order valence-corrected chi connectivity index (χ4v) is 3.49. The van der Waals surface area contributed by atoms with E-state index in [0.717, 1.165) is 32.7 Å². The molecule has 1 aliphatic rings. The number of rotatable bonds is 6. The summed E-state index contributed by atoms with van der Waals surface area (Å²) in [5.41, 5.74) is 1.16. The summed E-state index contributed by atoms with van der Waals surface area (Å²) in [6.45, 7) is 5.54. The van der Waals surface area contributed by atoms with Crippen LogP contribution in [-0.4, -0.2) is 76.4 Å². The summed E-state index contributed by atoms with van der Waals surface area (Å²) in [5.74, 6) is 0.139. The van der Waals surface area contributed by atoms with Crippen LogP contribution in [0.4, 0.5) is 4.39 Å². The van der Waals surface area contributed by atoms with E-state index in [4.69, 9.17) is 0 Å². The Morgan fingerprint density at radius 1 is 1.10 bits per heavy atom. The minimum Gasteiger partial charge on any atom is -0.351 e. The molecule has 1 aromatic carbocycles. The average Bonchev–Trinajstić information content (AvgIpc) is 3.39. The minimum absolute atomic E-state index is 0.170. The summed E-state index contributed by atoms with van der Waals surface area (Å²) in [5, 5.41) is 7.41. The van der Waals surface area contributed by atoms with Gasteiger partial charge in [0.15, 0.2) is 5.82 Å². The van der Waals surface area contributed by atoms with Crippen molar-refractivity contribution in [2.24, 2.45) is 0 Å². The topological polar surface area (TPSA) is 58.3 Å². The predicted molar refractivity (Wildman–Crippen MR) is 109 cm³/mol. The zero-order chi connectivity index (χ0) is 20.2. The average molecular weight is 396 g/mol. The number of nitrogens with one attached hydrogen (secondary N) is 1. The fourth-order valence-electron chi connectivity index (χ4n) is 3.49. The Hall–Kier alpha value is -2.97. The van der Waals surface area contributed by atoms with Crippen molar-refractivity contribution in [3.05, 3.63) is 66.4 Å². The number of piperazine rings is 1. The normalized spacial score (nSPS) is 15.5.